The Morgan fingerprint density at radius 2 is 2.23 bits per heavy atom. The third kappa shape index (κ3) is 4.16. The summed E-state index contributed by atoms with van der Waals surface area (Å²) in [4.78, 5) is 16.2. The predicted octanol–water partition coefficient (Wildman–Crippen LogP) is 2.65. The van der Waals surface area contributed by atoms with Crippen molar-refractivity contribution < 1.29 is 18.0 Å². The lowest BCUT2D eigenvalue weighted by Gasteiger charge is -2.30. The first-order valence-corrected chi connectivity index (χ1v) is 7.62. The molecule has 1 aliphatic heterocycles. The Kier molecular flexibility index (Phi) is 4.69. The van der Waals surface area contributed by atoms with Gasteiger partial charge in [-0.1, -0.05) is 23.9 Å². The maximum absolute atomic E-state index is 12.2. The number of nitrogens with zero attached hydrogens (tertiary/aromatic N) is 1. The van der Waals surface area contributed by atoms with Crippen molar-refractivity contribution >= 4 is 22.8 Å². The highest BCUT2D eigenvalue weighted by molar-refractivity contribution is 8.13. The zero-order valence-corrected chi connectivity index (χ0v) is 12.7. The Morgan fingerprint density at radius 3 is 2.86 bits per heavy atom. The molecule has 8 heteroatoms. The van der Waals surface area contributed by atoms with Crippen LogP contribution in [0.2, 0.25) is 0 Å². The van der Waals surface area contributed by atoms with Gasteiger partial charge in [0, 0.05) is 11.3 Å². The minimum atomic E-state index is -4.43. The number of thioether (sulfide) groups is 1. The number of rotatable bonds is 3. The molecule has 1 amide bonds. The number of nitrogens with two attached hydrogens (primary N) is 1. The molecule has 0 fully saturated rings. The van der Waals surface area contributed by atoms with E-state index >= 15 is 0 Å². The number of alkyl halides is 3. The molecule has 1 aromatic rings. The quantitative estimate of drug-likeness (QED) is 0.895. The maximum atomic E-state index is 12.2. The molecule has 1 aliphatic rings. The van der Waals surface area contributed by atoms with Crippen molar-refractivity contribution in [3.63, 3.8) is 0 Å². The molecule has 2 rings (SSSR count). The van der Waals surface area contributed by atoms with Crippen molar-refractivity contribution in [2.75, 3.05) is 12.3 Å². The lowest BCUT2D eigenvalue weighted by molar-refractivity contribution is -0.123. The number of hydrogen-bond acceptors (Lipinski definition) is 4. The van der Waals surface area contributed by atoms with Gasteiger partial charge in [-0.05, 0) is 31.0 Å². The Morgan fingerprint density at radius 1 is 1.50 bits per heavy atom. The average Bonchev–Trinajstić information content (AvgIpc) is 2.44. The van der Waals surface area contributed by atoms with Gasteiger partial charge in [0.15, 0.2) is 5.17 Å². The van der Waals surface area contributed by atoms with E-state index in [4.69, 9.17) is 5.73 Å². The van der Waals surface area contributed by atoms with Crippen molar-refractivity contribution in [3.05, 3.63) is 35.4 Å². The van der Waals surface area contributed by atoms with Gasteiger partial charge in [0.25, 0.3) is 5.91 Å². The van der Waals surface area contributed by atoms with Crippen LogP contribution < -0.4 is 11.1 Å². The average molecular weight is 331 g/mol. The van der Waals surface area contributed by atoms with Crippen LogP contribution in [-0.4, -0.2) is 29.5 Å². The van der Waals surface area contributed by atoms with Crippen LogP contribution in [-0.2, 0) is 5.54 Å². The van der Waals surface area contributed by atoms with E-state index in [1.54, 1.807) is 18.2 Å². The van der Waals surface area contributed by atoms with E-state index in [0.29, 0.717) is 5.17 Å². The highest BCUT2D eigenvalue weighted by atomic mass is 32.2. The monoisotopic (exact) mass is 331 g/mol. The molecule has 22 heavy (non-hydrogen) atoms. The molecule has 0 saturated heterocycles. The van der Waals surface area contributed by atoms with Gasteiger partial charge in [-0.15, -0.1) is 0 Å². The zero-order valence-electron chi connectivity index (χ0n) is 11.9. The first-order chi connectivity index (χ1) is 10.2. The Hall–Kier alpha value is -1.70. The number of carbonyl (C=O) groups excluding carboxylic acids is 1. The molecule has 0 radical (unpaired) electrons. The fourth-order valence-electron chi connectivity index (χ4n) is 2.17. The van der Waals surface area contributed by atoms with Gasteiger partial charge in [0.05, 0.1) is 5.54 Å². The molecule has 1 aromatic carbocycles. The summed E-state index contributed by atoms with van der Waals surface area (Å²) in [6.07, 6.45) is -3.69. The molecule has 0 bridgehead atoms. The van der Waals surface area contributed by atoms with Crippen LogP contribution in [0.4, 0.5) is 13.2 Å². The fourth-order valence-corrected chi connectivity index (χ4v) is 3.15. The minimum absolute atomic E-state index is 0.176. The minimum Gasteiger partial charge on any atom is -0.379 e. The summed E-state index contributed by atoms with van der Waals surface area (Å²) in [6, 6.07) is 6.48. The number of carbonyl (C=O) groups is 1. The molecule has 0 aliphatic carbocycles. The van der Waals surface area contributed by atoms with Crippen LogP contribution >= 0.6 is 11.8 Å². The van der Waals surface area contributed by atoms with Crippen LogP contribution in [0.5, 0.6) is 0 Å². The normalized spacial score (nSPS) is 22.1. The molecule has 3 N–H and O–H groups in total. The molecule has 0 spiro atoms. The number of hydrogen-bond donors (Lipinski definition) is 2. The summed E-state index contributed by atoms with van der Waals surface area (Å²) in [5.74, 6) is 0.0426. The van der Waals surface area contributed by atoms with Crippen LogP contribution in [0.3, 0.4) is 0 Å². The van der Waals surface area contributed by atoms with E-state index in [-0.39, 0.29) is 5.56 Å². The zero-order chi connectivity index (χ0) is 16.4. The van der Waals surface area contributed by atoms with Crippen LogP contribution in [0.1, 0.15) is 29.3 Å². The van der Waals surface area contributed by atoms with Crippen molar-refractivity contribution in [2.24, 2.45) is 10.7 Å². The molecule has 0 aromatic heterocycles. The molecule has 0 saturated carbocycles. The number of halogens is 3. The Bertz CT molecular complexity index is 603. The summed E-state index contributed by atoms with van der Waals surface area (Å²) in [5.41, 5.74) is 6.13. The molecule has 4 nitrogen and oxygen atoms in total. The smallest absolute Gasteiger partial charge is 0.379 e. The number of benzene rings is 1. The topological polar surface area (TPSA) is 67.5 Å². The second-order valence-electron chi connectivity index (χ2n) is 5.20. The molecule has 120 valence electrons. The molecular weight excluding hydrogens is 315 g/mol. The van der Waals surface area contributed by atoms with Crippen molar-refractivity contribution in [2.45, 2.75) is 25.1 Å². The SMILES string of the molecule is CC1(c2cccc(C(=O)NCC(F)(F)F)c2)CCSC(N)=N1. The number of nitrogens with one attached hydrogen (secondary N) is 1. The maximum Gasteiger partial charge on any atom is 0.405 e. The Balaban J connectivity index is 2.20. The number of aliphatic imine (C=N–C) groups is 1. The largest absolute Gasteiger partial charge is 0.405 e. The second-order valence-corrected chi connectivity index (χ2v) is 6.32. The lowest BCUT2D eigenvalue weighted by atomic mass is 9.89. The third-order valence-corrected chi connectivity index (χ3v) is 4.19. The van der Waals surface area contributed by atoms with E-state index in [1.165, 1.54) is 17.8 Å². The van der Waals surface area contributed by atoms with Gasteiger partial charge < -0.3 is 11.1 Å². The van der Waals surface area contributed by atoms with E-state index in [9.17, 15) is 18.0 Å². The molecule has 1 heterocycles. The summed E-state index contributed by atoms with van der Waals surface area (Å²) >= 11 is 1.46. The number of amidine groups is 1. The first kappa shape index (κ1) is 16.7. The molecule has 1 atom stereocenters. The highest BCUT2D eigenvalue weighted by Gasteiger charge is 2.31. The lowest BCUT2D eigenvalue weighted by Crippen LogP contribution is -2.34. The standard InChI is InChI=1S/C14H16F3N3OS/c1-13(5-6-22-12(18)20-13)10-4-2-3-9(7-10)11(21)19-8-14(15,16)17/h2-4,7H,5-6,8H2,1H3,(H2,18,20)(H,19,21). The summed E-state index contributed by atoms with van der Waals surface area (Å²) in [7, 11) is 0. The molecule has 1 unspecified atom stereocenters. The van der Waals surface area contributed by atoms with Gasteiger partial charge in [0.1, 0.15) is 6.54 Å². The van der Waals surface area contributed by atoms with Crippen molar-refractivity contribution in [1.82, 2.24) is 5.32 Å². The van der Waals surface area contributed by atoms with E-state index in [1.807, 2.05) is 12.2 Å². The predicted molar refractivity (Wildman–Crippen MR) is 80.9 cm³/mol. The summed E-state index contributed by atoms with van der Waals surface area (Å²) in [6.45, 7) is 0.543. The van der Waals surface area contributed by atoms with Crippen molar-refractivity contribution in [3.8, 4) is 0 Å². The first-order valence-electron chi connectivity index (χ1n) is 6.63. The summed E-state index contributed by atoms with van der Waals surface area (Å²) < 4.78 is 36.5. The highest BCUT2D eigenvalue weighted by Crippen LogP contribution is 2.35. The van der Waals surface area contributed by atoms with Gasteiger partial charge in [0.2, 0.25) is 0 Å². The van der Waals surface area contributed by atoms with Gasteiger partial charge in [-0.3, -0.25) is 9.79 Å². The summed E-state index contributed by atoms with van der Waals surface area (Å²) in [5, 5.41) is 2.33. The van der Waals surface area contributed by atoms with Crippen LogP contribution in [0.15, 0.2) is 29.3 Å². The van der Waals surface area contributed by atoms with Gasteiger partial charge in [-0.25, -0.2) is 0 Å². The van der Waals surface area contributed by atoms with Crippen molar-refractivity contribution in [1.29, 1.82) is 0 Å². The van der Waals surface area contributed by atoms with E-state index in [2.05, 4.69) is 4.99 Å². The van der Waals surface area contributed by atoms with Gasteiger partial charge in [-0.2, -0.15) is 13.2 Å². The third-order valence-electron chi connectivity index (χ3n) is 3.39. The van der Waals surface area contributed by atoms with Crippen LogP contribution in [0.25, 0.3) is 0 Å². The number of amides is 1. The van der Waals surface area contributed by atoms with Gasteiger partial charge >= 0.3 is 6.18 Å². The van der Waals surface area contributed by atoms with Crippen LogP contribution in [0, 0.1) is 0 Å². The van der Waals surface area contributed by atoms with E-state index in [0.717, 1.165) is 17.7 Å². The fraction of sp³-hybridized carbons (Fsp3) is 0.429. The second kappa shape index (κ2) is 6.20. The molecular formula is C14H16F3N3OS. The van der Waals surface area contributed by atoms with E-state index < -0.39 is 24.2 Å². The Labute approximate surface area is 130 Å².